The Labute approximate surface area is 51.2 Å². The molecular formula is C5H6N2O2. The summed E-state index contributed by atoms with van der Waals surface area (Å²) >= 11 is 0. The average Bonchev–Trinajstić information content (AvgIpc) is 1.83. The van der Waals surface area contributed by atoms with Crippen LogP contribution in [-0.2, 0) is 0 Å². The quantitative estimate of drug-likeness (QED) is 0.505. The predicted molar refractivity (Wildman–Crippen MR) is 31.3 cm³/mol. The molecule has 0 amide bonds. The van der Waals surface area contributed by atoms with Crippen LogP contribution in [0.1, 0.15) is 5.69 Å². The zero-order valence-electron chi connectivity index (χ0n) is 4.88. The van der Waals surface area contributed by atoms with Crippen molar-refractivity contribution < 1.29 is 5.11 Å². The van der Waals surface area contributed by atoms with Crippen LogP contribution in [0.25, 0.3) is 0 Å². The van der Waals surface area contributed by atoms with Gasteiger partial charge in [0, 0.05) is 0 Å². The molecule has 0 fully saturated rings. The van der Waals surface area contributed by atoms with Gasteiger partial charge in [0.2, 0.25) is 5.43 Å². The van der Waals surface area contributed by atoms with Gasteiger partial charge >= 0.3 is 0 Å². The fourth-order valence-corrected chi connectivity index (χ4v) is 0.487. The smallest absolute Gasteiger partial charge is 0.241 e. The molecule has 9 heavy (non-hydrogen) atoms. The van der Waals surface area contributed by atoms with E-state index in [1.807, 2.05) is 0 Å². The standard InChI is InChI=1S/C5H6N2O2/c1-3-5(9)4(8)2-6-7-3/h2H,1H3,(H,6,9)(H,7,8). The van der Waals surface area contributed by atoms with Crippen molar-refractivity contribution in [3.05, 3.63) is 22.1 Å². The highest BCUT2D eigenvalue weighted by molar-refractivity contribution is 5.20. The van der Waals surface area contributed by atoms with Gasteiger partial charge in [0.25, 0.3) is 0 Å². The van der Waals surface area contributed by atoms with Crippen LogP contribution in [-0.4, -0.2) is 15.3 Å². The van der Waals surface area contributed by atoms with E-state index in [2.05, 4.69) is 10.2 Å². The van der Waals surface area contributed by atoms with Gasteiger partial charge in [-0.2, -0.15) is 5.10 Å². The SMILES string of the molecule is Cc1[nH]ncc(=O)c1O. The largest absolute Gasteiger partial charge is 0.503 e. The maximum atomic E-state index is 10.5. The van der Waals surface area contributed by atoms with Crippen molar-refractivity contribution in [1.82, 2.24) is 10.2 Å². The van der Waals surface area contributed by atoms with Crippen LogP contribution in [0.2, 0.25) is 0 Å². The molecule has 1 aromatic heterocycles. The van der Waals surface area contributed by atoms with E-state index in [0.29, 0.717) is 5.69 Å². The lowest BCUT2D eigenvalue weighted by molar-refractivity contribution is 0.459. The number of aromatic hydroxyl groups is 1. The second kappa shape index (κ2) is 1.89. The summed E-state index contributed by atoms with van der Waals surface area (Å²) in [4.78, 5) is 10.5. The summed E-state index contributed by atoms with van der Waals surface area (Å²) in [7, 11) is 0. The minimum absolute atomic E-state index is 0.259. The second-order valence-corrected chi connectivity index (χ2v) is 1.71. The number of nitrogens with zero attached hydrogens (tertiary/aromatic N) is 1. The summed E-state index contributed by atoms with van der Waals surface area (Å²) in [5, 5.41) is 14.7. The first kappa shape index (κ1) is 5.81. The molecule has 1 heterocycles. The molecule has 4 nitrogen and oxygen atoms in total. The topological polar surface area (TPSA) is 66.0 Å². The Morgan fingerprint density at radius 3 is 2.89 bits per heavy atom. The van der Waals surface area contributed by atoms with Gasteiger partial charge in [0.1, 0.15) is 0 Å². The number of aromatic nitrogens is 2. The van der Waals surface area contributed by atoms with Crippen molar-refractivity contribution in [3.8, 4) is 5.75 Å². The van der Waals surface area contributed by atoms with Crippen LogP contribution in [0.4, 0.5) is 0 Å². The summed E-state index contributed by atoms with van der Waals surface area (Å²) in [6, 6.07) is 0. The molecule has 1 aromatic rings. The molecule has 0 saturated carbocycles. The number of aryl methyl sites for hydroxylation is 1. The van der Waals surface area contributed by atoms with E-state index in [1.54, 1.807) is 6.92 Å². The Morgan fingerprint density at radius 2 is 2.44 bits per heavy atom. The van der Waals surface area contributed by atoms with Crippen LogP contribution < -0.4 is 5.43 Å². The summed E-state index contributed by atoms with van der Waals surface area (Å²) in [5.74, 6) is -0.259. The highest BCUT2D eigenvalue weighted by Gasteiger charge is 1.97. The molecule has 48 valence electrons. The first-order valence-corrected chi connectivity index (χ1v) is 2.45. The lowest BCUT2D eigenvalue weighted by Crippen LogP contribution is -2.03. The molecule has 0 aliphatic heterocycles. The summed E-state index contributed by atoms with van der Waals surface area (Å²) in [5.41, 5.74) is -0.0613. The third-order valence-corrected chi connectivity index (χ3v) is 1.00. The van der Waals surface area contributed by atoms with Gasteiger partial charge in [0.15, 0.2) is 5.75 Å². The van der Waals surface area contributed by atoms with Crippen LogP contribution in [0, 0.1) is 6.92 Å². The maximum Gasteiger partial charge on any atom is 0.241 e. The van der Waals surface area contributed by atoms with Gasteiger partial charge in [-0.05, 0) is 6.92 Å². The summed E-state index contributed by atoms with van der Waals surface area (Å²) in [6.07, 6.45) is 1.03. The van der Waals surface area contributed by atoms with Crippen molar-refractivity contribution in [2.75, 3.05) is 0 Å². The molecule has 0 aromatic carbocycles. The average molecular weight is 126 g/mol. The minimum Gasteiger partial charge on any atom is -0.503 e. The van der Waals surface area contributed by atoms with E-state index in [9.17, 15) is 4.79 Å². The number of aromatic amines is 1. The highest BCUT2D eigenvalue weighted by atomic mass is 16.3. The Balaban J connectivity index is 3.43. The normalized spacial score (nSPS) is 9.44. The van der Waals surface area contributed by atoms with Gasteiger partial charge < -0.3 is 5.11 Å². The molecule has 2 N–H and O–H groups in total. The predicted octanol–water partition coefficient (Wildman–Crippen LogP) is -0.216. The molecule has 0 aliphatic carbocycles. The van der Waals surface area contributed by atoms with Crippen LogP contribution in [0.15, 0.2) is 11.0 Å². The number of hydrogen-bond acceptors (Lipinski definition) is 3. The van der Waals surface area contributed by atoms with Crippen molar-refractivity contribution in [2.24, 2.45) is 0 Å². The second-order valence-electron chi connectivity index (χ2n) is 1.71. The number of H-pyrrole nitrogens is 1. The Morgan fingerprint density at radius 1 is 1.78 bits per heavy atom. The van der Waals surface area contributed by atoms with Crippen molar-refractivity contribution >= 4 is 0 Å². The van der Waals surface area contributed by atoms with Crippen LogP contribution >= 0.6 is 0 Å². The zero-order valence-corrected chi connectivity index (χ0v) is 4.88. The molecule has 0 unspecified atom stereocenters. The first-order chi connectivity index (χ1) is 4.22. The summed E-state index contributed by atoms with van der Waals surface area (Å²) < 4.78 is 0. The lowest BCUT2D eigenvalue weighted by atomic mass is 10.4. The van der Waals surface area contributed by atoms with Gasteiger partial charge in [0.05, 0.1) is 11.9 Å². The van der Waals surface area contributed by atoms with E-state index in [0.717, 1.165) is 6.20 Å². The number of rotatable bonds is 0. The van der Waals surface area contributed by atoms with Crippen molar-refractivity contribution in [3.63, 3.8) is 0 Å². The Bertz CT molecular complexity index is 266. The third-order valence-electron chi connectivity index (χ3n) is 1.00. The molecule has 0 radical (unpaired) electrons. The van der Waals surface area contributed by atoms with Gasteiger partial charge in [-0.25, -0.2) is 0 Å². The number of nitrogens with one attached hydrogen (secondary N) is 1. The van der Waals surface area contributed by atoms with Gasteiger partial charge in [-0.15, -0.1) is 0 Å². The third kappa shape index (κ3) is 0.910. The molecule has 0 spiro atoms. The highest BCUT2D eigenvalue weighted by Crippen LogP contribution is 2.00. The minimum atomic E-state index is -0.453. The molecule has 1 rings (SSSR count). The fraction of sp³-hybridized carbons (Fsp3) is 0.200. The van der Waals surface area contributed by atoms with Crippen molar-refractivity contribution in [2.45, 2.75) is 6.92 Å². The maximum absolute atomic E-state index is 10.5. The molecule has 0 saturated heterocycles. The van der Waals surface area contributed by atoms with E-state index in [4.69, 9.17) is 5.11 Å². The Kier molecular flexibility index (Phi) is 1.22. The van der Waals surface area contributed by atoms with E-state index in [1.165, 1.54) is 0 Å². The van der Waals surface area contributed by atoms with Crippen LogP contribution in [0.3, 0.4) is 0 Å². The van der Waals surface area contributed by atoms with Gasteiger partial charge in [-0.3, -0.25) is 9.89 Å². The molecule has 4 heteroatoms. The van der Waals surface area contributed by atoms with Gasteiger partial charge in [-0.1, -0.05) is 0 Å². The van der Waals surface area contributed by atoms with E-state index >= 15 is 0 Å². The monoisotopic (exact) mass is 126 g/mol. The van der Waals surface area contributed by atoms with Crippen LogP contribution in [0.5, 0.6) is 5.75 Å². The zero-order chi connectivity index (χ0) is 6.85. The molecular weight excluding hydrogens is 120 g/mol. The fourth-order valence-electron chi connectivity index (χ4n) is 0.487. The van der Waals surface area contributed by atoms with E-state index in [-0.39, 0.29) is 5.75 Å². The Hall–Kier alpha value is -1.32. The molecule has 0 atom stereocenters. The van der Waals surface area contributed by atoms with E-state index < -0.39 is 5.43 Å². The molecule has 0 aliphatic rings. The molecule has 0 bridgehead atoms. The number of hydrogen-bond donors (Lipinski definition) is 2. The first-order valence-electron chi connectivity index (χ1n) is 2.45. The lowest BCUT2D eigenvalue weighted by Gasteiger charge is -1.91. The summed E-state index contributed by atoms with van der Waals surface area (Å²) in [6.45, 7) is 1.57. The van der Waals surface area contributed by atoms with Crippen molar-refractivity contribution in [1.29, 1.82) is 0 Å².